The van der Waals surface area contributed by atoms with E-state index in [-0.39, 0.29) is 24.0 Å². The molecule has 128 valence electrons. The van der Waals surface area contributed by atoms with Crippen LogP contribution in [0.25, 0.3) is 11.0 Å². The Labute approximate surface area is 140 Å². The van der Waals surface area contributed by atoms with Gasteiger partial charge in [0.2, 0.25) is 5.91 Å². The molecule has 24 heavy (non-hydrogen) atoms. The molecule has 2 fully saturated rings. The summed E-state index contributed by atoms with van der Waals surface area (Å²) in [6.45, 7) is 4.68. The number of hydrogen-bond acceptors (Lipinski definition) is 5. The maximum atomic E-state index is 12.8. The quantitative estimate of drug-likeness (QED) is 0.844. The second-order valence-electron chi connectivity index (χ2n) is 6.80. The molecule has 6 nitrogen and oxygen atoms in total. The van der Waals surface area contributed by atoms with E-state index in [1.165, 1.54) is 0 Å². The first-order valence-corrected chi connectivity index (χ1v) is 8.52. The van der Waals surface area contributed by atoms with Crippen LogP contribution in [0.1, 0.15) is 25.5 Å². The third-order valence-corrected chi connectivity index (χ3v) is 4.94. The fraction of sp³-hybridized carbons (Fsp3) is 0.556. The van der Waals surface area contributed by atoms with Gasteiger partial charge < -0.3 is 18.9 Å². The highest BCUT2D eigenvalue weighted by atomic mass is 16.5. The number of rotatable bonds is 2. The van der Waals surface area contributed by atoms with Gasteiger partial charge in [-0.3, -0.25) is 4.79 Å². The lowest BCUT2D eigenvalue weighted by atomic mass is 9.91. The minimum absolute atomic E-state index is 0.0369. The lowest BCUT2D eigenvalue weighted by Crippen LogP contribution is -2.58. The molecule has 1 atom stereocenters. The SMILES string of the molecule is CC1CN(C(=O)Cc2noc3ccccc23)CC2(CCOCC2)O1. The molecular formula is C18H22N2O4. The van der Waals surface area contributed by atoms with Crippen molar-refractivity contribution in [3.8, 4) is 0 Å². The summed E-state index contributed by atoms with van der Waals surface area (Å²) in [7, 11) is 0. The van der Waals surface area contributed by atoms with Crippen LogP contribution in [0.4, 0.5) is 0 Å². The van der Waals surface area contributed by atoms with E-state index in [0.717, 1.165) is 23.8 Å². The van der Waals surface area contributed by atoms with E-state index in [0.29, 0.717) is 32.0 Å². The smallest absolute Gasteiger partial charge is 0.228 e. The standard InChI is InChI=1S/C18H22N2O4/c1-13-11-20(12-18(23-13)6-8-22-9-7-18)17(21)10-15-14-4-2-3-5-16(14)24-19-15/h2-5,13H,6-12H2,1H3. The molecule has 0 bridgehead atoms. The maximum absolute atomic E-state index is 12.8. The normalized spacial score (nSPS) is 23.7. The Kier molecular flexibility index (Phi) is 4.02. The number of nitrogens with zero attached hydrogens (tertiary/aromatic N) is 2. The molecule has 0 N–H and O–H groups in total. The van der Waals surface area contributed by atoms with E-state index in [9.17, 15) is 4.79 Å². The lowest BCUT2D eigenvalue weighted by Gasteiger charge is -2.47. The number of benzene rings is 1. The van der Waals surface area contributed by atoms with E-state index in [1.807, 2.05) is 36.1 Å². The topological polar surface area (TPSA) is 64.8 Å². The first-order valence-electron chi connectivity index (χ1n) is 8.52. The van der Waals surface area contributed by atoms with E-state index >= 15 is 0 Å². The average Bonchev–Trinajstić information content (AvgIpc) is 2.98. The maximum Gasteiger partial charge on any atom is 0.228 e. The highest BCUT2D eigenvalue weighted by Gasteiger charge is 2.42. The summed E-state index contributed by atoms with van der Waals surface area (Å²) in [6.07, 6.45) is 1.98. The molecule has 3 heterocycles. The summed E-state index contributed by atoms with van der Waals surface area (Å²) in [5.74, 6) is 0.0788. The molecule has 2 saturated heterocycles. The Balaban J connectivity index is 1.51. The van der Waals surface area contributed by atoms with E-state index in [4.69, 9.17) is 14.0 Å². The van der Waals surface area contributed by atoms with Crippen LogP contribution in [-0.4, -0.2) is 54.0 Å². The van der Waals surface area contributed by atoms with E-state index in [1.54, 1.807) is 0 Å². The molecule has 1 amide bonds. The molecule has 4 rings (SSSR count). The molecule has 1 aromatic heterocycles. The van der Waals surface area contributed by atoms with Gasteiger partial charge in [-0.25, -0.2) is 0 Å². The average molecular weight is 330 g/mol. The van der Waals surface area contributed by atoms with Crippen molar-refractivity contribution in [1.29, 1.82) is 0 Å². The predicted octanol–water partition coefficient (Wildman–Crippen LogP) is 2.17. The molecule has 1 aromatic carbocycles. The zero-order chi connectivity index (χ0) is 16.6. The van der Waals surface area contributed by atoms with Crippen LogP contribution in [0.3, 0.4) is 0 Å². The fourth-order valence-corrected chi connectivity index (χ4v) is 3.75. The van der Waals surface area contributed by atoms with Crippen LogP contribution in [0.2, 0.25) is 0 Å². The second-order valence-corrected chi connectivity index (χ2v) is 6.80. The summed E-state index contributed by atoms with van der Waals surface area (Å²) < 4.78 is 17.0. The summed E-state index contributed by atoms with van der Waals surface area (Å²) in [5, 5.41) is 4.99. The molecule has 1 unspecified atom stereocenters. The highest BCUT2D eigenvalue weighted by Crippen LogP contribution is 2.32. The number of carbonyl (C=O) groups excluding carboxylic acids is 1. The van der Waals surface area contributed by atoms with Gasteiger partial charge in [-0.05, 0) is 19.1 Å². The van der Waals surface area contributed by atoms with Crippen molar-refractivity contribution in [2.45, 2.75) is 37.9 Å². The monoisotopic (exact) mass is 330 g/mol. The summed E-state index contributed by atoms with van der Waals surface area (Å²) >= 11 is 0. The Hall–Kier alpha value is -1.92. The minimum Gasteiger partial charge on any atom is -0.381 e. The third-order valence-electron chi connectivity index (χ3n) is 4.94. The van der Waals surface area contributed by atoms with Gasteiger partial charge in [0, 0.05) is 44.5 Å². The fourth-order valence-electron chi connectivity index (χ4n) is 3.75. The van der Waals surface area contributed by atoms with Crippen molar-refractivity contribution in [3.63, 3.8) is 0 Å². The zero-order valence-corrected chi connectivity index (χ0v) is 13.9. The first-order chi connectivity index (χ1) is 11.7. The molecule has 1 spiro atoms. The molecule has 2 aromatic rings. The summed E-state index contributed by atoms with van der Waals surface area (Å²) in [5.41, 5.74) is 1.17. The molecule has 2 aliphatic heterocycles. The summed E-state index contributed by atoms with van der Waals surface area (Å²) in [6, 6.07) is 7.64. The van der Waals surface area contributed by atoms with Gasteiger partial charge >= 0.3 is 0 Å². The second kappa shape index (κ2) is 6.18. The van der Waals surface area contributed by atoms with Gasteiger partial charge in [-0.2, -0.15) is 0 Å². The number of hydrogen-bond donors (Lipinski definition) is 0. The van der Waals surface area contributed by atoms with Crippen molar-refractivity contribution in [2.75, 3.05) is 26.3 Å². The highest BCUT2D eigenvalue weighted by molar-refractivity contribution is 5.86. The van der Waals surface area contributed by atoms with E-state index < -0.39 is 0 Å². The number of carbonyl (C=O) groups is 1. The number of morpholine rings is 1. The molecular weight excluding hydrogens is 308 g/mol. The molecule has 6 heteroatoms. The third kappa shape index (κ3) is 2.91. The Morgan fingerprint density at radius 3 is 2.96 bits per heavy atom. The van der Waals surface area contributed by atoms with Gasteiger partial charge in [-0.15, -0.1) is 0 Å². The number of fused-ring (bicyclic) bond motifs is 1. The van der Waals surface area contributed by atoms with Crippen LogP contribution in [-0.2, 0) is 20.7 Å². The Morgan fingerprint density at radius 1 is 1.33 bits per heavy atom. The molecule has 0 saturated carbocycles. The minimum atomic E-state index is -0.253. The van der Waals surface area contributed by atoms with Crippen molar-refractivity contribution in [2.24, 2.45) is 0 Å². The van der Waals surface area contributed by atoms with Crippen molar-refractivity contribution in [1.82, 2.24) is 10.1 Å². The van der Waals surface area contributed by atoms with Crippen LogP contribution < -0.4 is 0 Å². The Morgan fingerprint density at radius 2 is 2.12 bits per heavy atom. The molecule has 0 aliphatic carbocycles. The first kappa shape index (κ1) is 15.6. The number of ether oxygens (including phenoxy) is 2. The van der Waals surface area contributed by atoms with Crippen LogP contribution >= 0.6 is 0 Å². The Bertz CT molecular complexity index is 735. The van der Waals surface area contributed by atoms with Crippen LogP contribution in [0, 0.1) is 0 Å². The lowest BCUT2D eigenvalue weighted by molar-refractivity contribution is -0.189. The van der Waals surface area contributed by atoms with E-state index in [2.05, 4.69) is 5.16 Å². The number of para-hydroxylation sites is 1. The zero-order valence-electron chi connectivity index (χ0n) is 13.9. The van der Waals surface area contributed by atoms with Crippen molar-refractivity contribution >= 4 is 16.9 Å². The van der Waals surface area contributed by atoms with Gasteiger partial charge in [0.1, 0.15) is 5.69 Å². The van der Waals surface area contributed by atoms with Gasteiger partial charge in [-0.1, -0.05) is 17.3 Å². The largest absolute Gasteiger partial charge is 0.381 e. The molecule has 0 radical (unpaired) electrons. The van der Waals surface area contributed by atoms with Gasteiger partial charge in [0.05, 0.1) is 18.1 Å². The number of amides is 1. The summed E-state index contributed by atoms with van der Waals surface area (Å²) in [4.78, 5) is 14.8. The van der Waals surface area contributed by atoms with Crippen LogP contribution in [0.5, 0.6) is 0 Å². The van der Waals surface area contributed by atoms with Crippen LogP contribution in [0.15, 0.2) is 28.8 Å². The van der Waals surface area contributed by atoms with Gasteiger partial charge in [0.25, 0.3) is 0 Å². The predicted molar refractivity (Wildman–Crippen MR) is 87.6 cm³/mol. The van der Waals surface area contributed by atoms with Gasteiger partial charge in [0.15, 0.2) is 5.58 Å². The van der Waals surface area contributed by atoms with Crippen molar-refractivity contribution < 1.29 is 18.8 Å². The molecule has 2 aliphatic rings. The van der Waals surface area contributed by atoms with Crippen molar-refractivity contribution in [3.05, 3.63) is 30.0 Å². The number of aromatic nitrogens is 1.